The van der Waals surface area contributed by atoms with Gasteiger partial charge in [-0.15, -0.1) is 11.8 Å². The van der Waals surface area contributed by atoms with Crippen molar-refractivity contribution in [1.29, 1.82) is 0 Å². The number of nitrogens with one attached hydrogen (secondary N) is 1. The molecule has 0 aromatic heterocycles. The number of rotatable bonds is 8. The summed E-state index contributed by atoms with van der Waals surface area (Å²) in [6.07, 6.45) is -4.69. The smallest absolute Gasteiger partial charge is 0.416 e. The molecule has 0 saturated heterocycles. The van der Waals surface area contributed by atoms with E-state index >= 15 is 0 Å². The molecule has 2 aromatic carbocycles. The van der Waals surface area contributed by atoms with E-state index in [9.17, 15) is 28.1 Å². The van der Waals surface area contributed by atoms with E-state index in [1.807, 2.05) is 0 Å². The number of fused-ring (bicyclic) bond motifs is 1. The summed E-state index contributed by atoms with van der Waals surface area (Å²) in [4.78, 5) is 22.0. The van der Waals surface area contributed by atoms with E-state index in [1.54, 1.807) is 18.2 Å². The van der Waals surface area contributed by atoms with Gasteiger partial charge >= 0.3 is 6.18 Å². The molecule has 2 aromatic rings. The first kappa shape index (κ1) is 21.6. The van der Waals surface area contributed by atoms with Crippen molar-refractivity contribution >= 4 is 23.4 Å². The number of carbonyl (C=O) groups is 1. The van der Waals surface area contributed by atoms with E-state index in [0.717, 1.165) is 23.9 Å². The Bertz CT molecular complexity index is 954. The second-order valence-corrected chi connectivity index (χ2v) is 6.96. The van der Waals surface area contributed by atoms with Crippen LogP contribution in [-0.2, 0) is 11.0 Å². The van der Waals surface area contributed by atoms with Crippen LogP contribution in [0.25, 0.3) is 0 Å². The number of ether oxygens (including phenoxy) is 3. The Hall–Kier alpha value is -3.15. The average Bonchev–Trinajstić information content (AvgIpc) is 3.16. The standard InChI is InChI=1S/C18H15F3N2O6S/c19-18(20,21)11-1-4-16(13(7-11)23(25)26)30-9-17(24)22-5-6-27-12-2-3-14-15(8-12)29-10-28-14/h1-4,7-8H,5-6,9-10H2,(H,22,24). The van der Waals surface area contributed by atoms with E-state index < -0.39 is 28.3 Å². The number of alkyl halides is 3. The van der Waals surface area contributed by atoms with Crippen LogP contribution in [0.15, 0.2) is 41.3 Å². The molecule has 3 rings (SSSR count). The monoisotopic (exact) mass is 444 g/mol. The van der Waals surface area contributed by atoms with Gasteiger partial charge in [0.2, 0.25) is 12.7 Å². The number of benzene rings is 2. The van der Waals surface area contributed by atoms with Crippen molar-refractivity contribution in [1.82, 2.24) is 5.32 Å². The maximum atomic E-state index is 12.7. The summed E-state index contributed by atoms with van der Waals surface area (Å²) in [5.74, 6) is 1.07. The van der Waals surface area contributed by atoms with Crippen molar-refractivity contribution in [2.45, 2.75) is 11.1 Å². The van der Waals surface area contributed by atoms with Crippen LogP contribution in [0.5, 0.6) is 17.2 Å². The number of nitrogens with zero attached hydrogens (tertiary/aromatic N) is 1. The maximum Gasteiger partial charge on any atom is 0.416 e. The van der Waals surface area contributed by atoms with Crippen molar-refractivity contribution in [2.24, 2.45) is 0 Å². The van der Waals surface area contributed by atoms with E-state index in [4.69, 9.17) is 14.2 Å². The van der Waals surface area contributed by atoms with Crippen molar-refractivity contribution in [2.75, 3.05) is 25.7 Å². The lowest BCUT2D eigenvalue weighted by Gasteiger charge is -2.10. The summed E-state index contributed by atoms with van der Waals surface area (Å²) >= 11 is 0.778. The third-order valence-electron chi connectivity index (χ3n) is 3.88. The van der Waals surface area contributed by atoms with Crippen molar-refractivity contribution in [3.8, 4) is 17.2 Å². The zero-order valence-corrected chi connectivity index (χ0v) is 16.0. The van der Waals surface area contributed by atoms with E-state index in [0.29, 0.717) is 23.3 Å². The molecule has 0 bridgehead atoms. The highest BCUT2D eigenvalue weighted by atomic mass is 32.2. The third kappa shape index (κ3) is 5.47. The quantitative estimate of drug-likeness (QED) is 0.287. The van der Waals surface area contributed by atoms with Gasteiger partial charge in [-0.25, -0.2) is 0 Å². The fourth-order valence-electron chi connectivity index (χ4n) is 2.48. The fraction of sp³-hybridized carbons (Fsp3) is 0.278. The van der Waals surface area contributed by atoms with E-state index in [-0.39, 0.29) is 30.6 Å². The molecule has 1 heterocycles. The van der Waals surface area contributed by atoms with Crippen molar-refractivity contribution in [3.05, 3.63) is 52.1 Å². The molecule has 1 N–H and O–H groups in total. The van der Waals surface area contributed by atoms with Crippen LogP contribution in [0.1, 0.15) is 5.56 Å². The number of nitro benzene ring substituents is 1. The van der Waals surface area contributed by atoms with Gasteiger partial charge in [-0.1, -0.05) is 0 Å². The lowest BCUT2D eigenvalue weighted by molar-refractivity contribution is -0.388. The molecule has 0 atom stereocenters. The molecular weight excluding hydrogens is 429 g/mol. The van der Waals surface area contributed by atoms with Gasteiger partial charge in [0.25, 0.3) is 5.69 Å². The molecule has 0 unspecified atom stereocenters. The molecule has 12 heteroatoms. The molecule has 0 fully saturated rings. The summed E-state index contributed by atoms with van der Waals surface area (Å²) in [7, 11) is 0. The normalized spacial score (nSPS) is 12.5. The van der Waals surface area contributed by atoms with Gasteiger partial charge < -0.3 is 19.5 Å². The van der Waals surface area contributed by atoms with Crippen LogP contribution in [0.3, 0.4) is 0 Å². The first-order valence-electron chi connectivity index (χ1n) is 8.51. The Morgan fingerprint density at radius 2 is 1.97 bits per heavy atom. The topological polar surface area (TPSA) is 99.9 Å². The van der Waals surface area contributed by atoms with Crippen LogP contribution in [0.2, 0.25) is 0 Å². The number of nitro groups is 1. The van der Waals surface area contributed by atoms with Crippen molar-refractivity contribution < 1.29 is 37.1 Å². The highest BCUT2D eigenvalue weighted by molar-refractivity contribution is 8.00. The Morgan fingerprint density at radius 3 is 2.70 bits per heavy atom. The van der Waals surface area contributed by atoms with E-state index in [1.165, 1.54) is 0 Å². The predicted octanol–water partition coefficient (Wildman–Crippen LogP) is 3.63. The molecule has 30 heavy (non-hydrogen) atoms. The zero-order chi connectivity index (χ0) is 21.7. The second-order valence-electron chi connectivity index (χ2n) is 5.94. The summed E-state index contributed by atoms with van der Waals surface area (Å²) in [5, 5.41) is 13.6. The number of thioether (sulfide) groups is 1. The maximum absolute atomic E-state index is 12.7. The molecule has 0 radical (unpaired) electrons. The molecule has 0 spiro atoms. The second kappa shape index (κ2) is 9.11. The minimum Gasteiger partial charge on any atom is -0.492 e. The Labute approximate surface area is 172 Å². The highest BCUT2D eigenvalue weighted by Crippen LogP contribution is 2.37. The Kier molecular flexibility index (Phi) is 6.55. The molecule has 0 saturated carbocycles. The molecule has 1 amide bonds. The van der Waals surface area contributed by atoms with Crippen LogP contribution in [0, 0.1) is 10.1 Å². The summed E-state index contributed by atoms with van der Waals surface area (Å²) in [6.45, 7) is 0.475. The minimum atomic E-state index is -4.69. The van der Waals surface area contributed by atoms with Crippen LogP contribution >= 0.6 is 11.8 Å². The number of hydrogen-bond donors (Lipinski definition) is 1. The van der Waals surface area contributed by atoms with Crippen LogP contribution in [-0.4, -0.2) is 36.5 Å². The lowest BCUT2D eigenvalue weighted by atomic mass is 10.2. The average molecular weight is 444 g/mol. The van der Waals surface area contributed by atoms with Gasteiger partial charge in [0.05, 0.1) is 27.7 Å². The van der Waals surface area contributed by atoms with Crippen LogP contribution < -0.4 is 19.5 Å². The lowest BCUT2D eigenvalue weighted by Crippen LogP contribution is -2.29. The molecule has 1 aliphatic rings. The third-order valence-corrected chi connectivity index (χ3v) is 4.94. The number of amides is 1. The molecular formula is C18H15F3N2O6S. The van der Waals surface area contributed by atoms with Gasteiger partial charge in [0.1, 0.15) is 12.4 Å². The molecule has 0 aliphatic carbocycles. The largest absolute Gasteiger partial charge is 0.492 e. The first-order chi connectivity index (χ1) is 14.2. The molecule has 160 valence electrons. The Morgan fingerprint density at radius 1 is 1.20 bits per heavy atom. The van der Waals surface area contributed by atoms with Gasteiger partial charge in [0, 0.05) is 12.1 Å². The Balaban J connectivity index is 1.46. The summed E-state index contributed by atoms with van der Waals surface area (Å²) < 4.78 is 54.1. The van der Waals surface area contributed by atoms with Gasteiger partial charge in [0.15, 0.2) is 11.5 Å². The summed E-state index contributed by atoms with van der Waals surface area (Å²) in [6, 6.07) is 7.23. The molecule has 1 aliphatic heterocycles. The zero-order valence-electron chi connectivity index (χ0n) is 15.2. The number of carbonyl (C=O) groups excluding carboxylic acids is 1. The van der Waals surface area contributed by atoms with Crippen LogP contribution in [0.4, 0.5) is 18.9 Å². The van der Waals surface area contributed by atoms with Crippen molar-refractivity contribution in [3.63, 3.8) is 0 Å². The minimum absolute atomic E-state index is 0.0280. The number of halogens is 3. The summed E-state index contributed by atoms with van der Waals surface area (Å²) in [5.41, 5.74) is -1.82. The first-order valence-corrected chi connectivity index (χ1v) is 9.50. The molecule has 8 nitrogen and oxygen atoms in total. The van der Waals surface area contributed by atoms with Gasteiger partial charge in [-0.3, -0.25) is 14.9 Å². The number of hydrogen-bond acceptors (Lipinski definition) is 7. The SMILES string of the molecule is O=C(CSc1ccc(C(F)(F)F)cc1[N+](=O)[O-])NCCOc1ccc2c(c1)OCO2. The van der Waals surface area contributed by atoms with E-state index in [2.05, 4.69) is 5.32 Å². The fourth-order valence-corrected chi connectivity index (χ4v) is 3.31. The van der Waals surface area contributed by atoms with Gasteiger partial charge in [-0.05, 0) is 24.3 Å². The van der Waals surface area contributed by atoms with Gasteiger partial charge in [-0.2, -0.15) is 13.2 Å². The highest BCUT2D eigenvalue weighted by Gasteiger charge is 2.33. The predicted molar refractivity (Wildman–Crippen MR) is 99.9 cm³/mol.